The third-order valence-electron chi connectivity index (χ3n) is 6.72. The molecule has 0 spiro atoms. The average Bonchev–Trinajstić information content (AvgIpc) is 3.20. The normalized spacial score (nSPS) is 18.1. The van der Waals surface area contributed by atoms with E-state index in [0.717, 1.165) is 11.3 Å². The Morgan fingerprint density at radius 2 is 1.69 bits per heavy atom. The number of nitrogens with zero attached hydrogens (tertiary/aromatic N) is 1. The third kappa shape index (κ3) is 4.77. The van der Waals surface area contributed by atoms with Gasteiger partial charge in [-0.25, -0.2) is 0 Å². The highest BCUT2D eigenvalue weighted by Gasteiger charge is 2.39. The molecule has 2 atom stereocenters. The van der Waals surface area contributed by atoms with Crippen molar-refractivity contribution >= 4 is 23.4 Å². The second-order valence-electron chi connectivity index (χ2n) is 9.22. The van der Waals surface area contributed by atoms with Crippen LogP contribution in [0.25, 0.3) is 0 Å². The van der Waals surface area contributed by atoms with Gasteiger partial charge in [-0.1, -0.05) is 30.3 Å². The van der Waals surface area contributed by atoms with Gasteiger partial charge in [0, 0.05) is 24.1 Å². The van der Waals surface area contributed by atoms with Crippen molar-refractivity contribution < 1.29 is 23.9 Å². The van der Waals surface area contributed by atoms with E-state index in [1.807, 2.05) is 61.5 Å². The van der Waals surface area contributed by atoms with Gasteiger partial charge in [-0.3, -0.25) is 19.2 Å². The first-order chi connectivity index (χ1) is 17.4. The van der Waals surface area contributed by atoms with Gasteiger partial charge in [0.2, 0.25) is 0 Å². The van der Waals surface area contributed by atoms with Gasteiger partial charge < -0.3 is 15.0 Å². The van der Waals surface area contributed by atoms with E-state index >= 15 is 0 Å². The summed E-state index contributed by atoms with van der Waals surface area (Å²) in [4.78, 5) is 51.3. The zero-order valence-electron chi connectivity index (χ0n) is 19.9. The third-order valence-corrected chi connectivity index (χ3v) is 6.72. The molecule has 2 aliphatic rings. The number of carbonyl (C=O) groups excluding carboxylic acids is 4. The first kappa shape index (κ1) is 23.5. The molecule has 7 heteroatoms. The smallest absolute Gasteiger partial charge is 0.255 e. The van der Waals surface area contributed by atoms with E-state index in [0.29, 0.717) is 35.3 Å². The molecule has 182 valence electrons. The molecule has 36 heavy (non-hydrogen) atoms. The standard InChI is InChI=1S/C29H26N2O5/c1-18(19-7-11-24(12-8-19)36-23-5-3-2-4-6-23)30-28(34)20-9-13-25-21(15-20)17-31(29(25)35)26-14-10-22(32)16-27(26)33/h2-9,11-13,15,18,26H,10,14,16-17H2,1H3,(H,30,34)/t18-,26?/m0/s1. The van der Waals surface area contributed by atoms with Crippen LogP contribution >= 0.6 is 0 Å². The number of carbonyl (C=O) groups is 4. The lowest BCUT2D eigenvalue weighted by Gasteiger charge is -2.29. The number of benzene rings is 3. The number of hydrogen-bond acceptors (Lipinski definition) is 5. The zero-order chi connectivity index (χ0) is 25.2. The molecule has 1 aliphatic carbocycles. The van der Waals surface area contributed by atoms with E-state index < -0.39 is 6.04 Å². The SMILES string of the molecule is C[C@H](NC(=O)c1ccc2c(c1)CN(C1CCC(=O)CC1=O)C2=O)c1ccc(Oc2ccccc2)cc1. The van der Waals surface area contributed by atoms with Crippen LogP contribution in [0.3, 0.4) is 0 Å². The number of ether oxygens (including phenoxy) is 1. The second kappa shape index (κ2) is 9.77. The highest BCUT2D eigenvalue weighted by Crippen LogP contribution is 2.30. The molecule has 5 rings (SSSR count). The lowest BCUT2D eigenvalue weighted by molar-refractivity contribution is -0.133. The van der Waals surface area contributed by atoms with Gasteiger partial charge in [-0.2, -0.15) is 0 Å². The molecule has 1 fully saturated rings. The van der Waals surface area contributed by atoms with Crippen LogP contribution in [0.5, 0.6) is 11.5 Å². The van der Waals surface area contributed by atoms with E-state index in [9.17, 15) is 19.2 Å². The molecule has 0 radical (unpaired) electrons. The fourth-order valence-electron chi connectivity index (χ4n) is 4.74. The summed E-state index contributed by atoms with van der Waals surface area (Å²) >= 11 is 0. The van der Waals surface area contributed by atoms with Gasteiger partial charge in [0.25, 0.3) is 11.8 Å². The Morgan fingerprint density at radius 1 is 0.972 bits per heavy atom. The molecule has 1 saturated carbocycles. The van der Waals surface area contributed by atoms with Crippen molar-refractivity contribution in [1.29, 1.82) is 0 Å². The summed E-state index contributed by atoms with van der Waals surface area (Å²) < 4.78 is 5.82. The number of hydrogen-bond donors (Lipinski definition) is 1. The monoisotopic (exact) mass is 482 g/mol. The summed E-state index contributed by atoms with van der Waals surface area (Å²) in [7, 11) is 0. The fraction of sp³-hybridized carbons (Fsp3) is 0.241. The van der Waals surface area contributed by atoms with Gasteiger partial charge in [0.1, 0.15) is 17.3 Å². The van der Waals surface area contributed by atoms with Crippen LogP contribution in [0.15, 0.2) is 72.8 Å². The lowest BCUT2D eigenvalue weighted by atomic mass is 9.92. The molecule has 0 saturated heterocycles. The van der Waals surface area contributed by atoms with Crippen LogP contribution in [-0.4, -0.2) is 34.3 Å². The Balaban J connectivity index is 1.23. The van der Waals surface area contributed by atoms with Gasteiger partial charge in [-0.15, -0.1) is 0 Å². The predicted octanol–water partition coefficient (Wildman–Crippen LogP) is 4.62. The van der Waals surface area contributed by atoms with Crippen LogP contribution in [0, 0.1) is 0 Å². The maximum atomic E-state index is 13.0. The molecule has 3 aromatic carbocycles. The Labute approximate surface area is 209 Å². The molecule has 1 unspecified atom stereocenters. The highest BCUT2D eigenvalue weighted by molar-refractivity contribution is 6.08. The minimum absolute atomic E-state index is 0.0770. The molecular weight excluding hydrogens is 456 g/mol. The van der Waals surface area contributed by atoms with E-state index in [1.165, 1.54) is 4.90 Å². The summed E-state index contributed by atoms with van der Waals surface area (Å²) in [6, 6.07) is 21.2. The summed E-state index contributed by atoms with van der Waals surface area (Å²) in [6.07, 6.45) is 0.550. The molecule has 0 bridgehead atoms. The van der Waals surface area contributed by atoms with Crippen molar-refractivity contribution in [2.45, 2.75) is 44.8 Å². The molecular formula is C29H26N2O5. The number of amides is 2. The van der Waals surface area contributed by atoms with Crippen molar-refractivity contribution in [3.8, 4) is 11.5 Å². The fourth-order valence-corrected chi connectivity index (χ4v) is 4.74. The Morgan fingerprint density at radius 3 is 2.42 bits per heavy atom. The topological polar surface area (TPSA) is 92.8 Å². The minimum Gasteiger partial charge on any atom is -0.457 e. The van der Waals surface area contributed by atoms with Crippen LogP contribution in [0.2, 0.25) is 0 Å². The largest absolute Gasteiger partial charge is 0.457 e. The summed E-state index contributed by atoms with van der Waals surface area (Å²) in [5.41, 5.74) is 2.59. The van der Waals surface area contributed by atoms with Gasteiger partial charge in [0.05, 0.1) is 18.5 Å². The molecule has 1 heterocycles. The van der Waals surface area contributed by atoms with Crippen LogP contribution in [0.1, 0.15) is 64.1 Å². The van der Waals surface area contributed by atoms with E-state index in [1.54, 1.807) is 18.2 Å². The first-order valence-corrected chi connectivity index (χ1v) is 12.0. The number of fused-ring (bicyclic) bond motifs is 1. The molecule has 3 aromatic rings. The summed E-state index contributed by atoms with van der Waals surface area (Å²) in [6.45, 7) is 2.16. The van der Waals surface area contributed by atoms with Crippen molar-refractivity contribution in [3.63, 3.8) is 0 Å². The Bertz CT molecular complexity index is 1330. The summed E-state index contributed by atoms with van der Waals surface area (Å²) in [5.74, 6) is 0.695. The van der Waals surface area contributed by atoms with Crippen molar-refractivity contribution in [2.75, 3.05) is 0 Å². The Kier molecular flexibility index (Phi) is 6.38. The molecule has 0 aromatic heterocycles. The quantitative estimate of drug-likeness (QED) is 0.518. The Hall–Kier alpha value is -4.26. The lowest BCUT2D eigenvalue weighted by Crippen LogP contribution is -2.44. The van der Waals surface area contributed by atoms with Gasteiger partial charge >= 0.3 is 0 Å². The second-order valence-corrected chi connectivity index (χ2v) is 9.22. The number of para-hydroxylation sites is 1. The molecule has 7 nitrogen and oxygen atoms in total. The van der Waals surface area contributed by atoms with Gasteiger partial charge in [0.15, 0.2) is 5.78 Å². The van der Waals surface area contributed by atoms with E-state index in [4.69, 9.17) is 4.74 Å². The average molecular weight is 483 g/mol. The van der Waals surface area contributed by atoms with Gasteiger partial charge in [-0.05, 0) is 66.9 Å². The number of nitrogens with one attached hydrogen (secondary N) is 1. The zero-order valence-corrected chi connectivity index (χ0v) is 19.9. The predicted molar refractivity (Wildman–Crippen MR) is 133 cm³/mol. The molecule has 2 amide bonds. The van der Waals surface area contributed by atoms with Crippen LogP contribution in [-0.2, 0) is 16.1 Å². The first-order valence-electron chi connectivity index (χ1n) is 12.0. The van der Waals surface area contributed by atoms with E-state index in [-0.39, 0.29) is 42.4 Å². The minimum atomic E-state index is -0.575. The summed E-state index contributed by atoms with van der Waals surface area (Å²) in [5, 5.41) is 3.00. The maximum Gasteiger partial charge on any atom is 0.255 e. The van der Waals surface area contributed by atoms with E-state index in [2.05, 4.69) is 5.32 Å². The highest BCUT2D eigenvalue weighted by atomic mass is 16.5. The van der Waals surface area contributed by atoms with Crippen molar-refractivity contribution in [1.82, 2.24) is 10.2 Å². The van der Waals surface area contributed by atoms with Crippen LogP contribution < -0.4 is 10.1 Å². The molecule has 1 N–H and O–H groups in total. The maximum absolute atomic E-state index is 13.0. The number of rotatable bonds is 6. The molecule has 1 aliphatic heterocycles. The number of ketones is 2. The number of Topliss-reactive ketones (excluding diaryl/α,β-unsaturated/α-hetero) is 2. The van der Waals surface area contributed by atoms with Crippen molar-refractivity contribution in [3.05, 3.63) is 95.1 Å². The van der Waals surface area contributed by atoms with Crippen LogP contribution in [0.4, 0.5) is 0 Å². The van der Waals surface area contributed by atoms with Crippen molar-refractivity contribution in [2.24, 2.45) is 0 Å².